The standard InChI is InChI=1S/C22H22ClN3O3/c1-15(26-21(28)18-4-2-3-5-19(18)22(26)29)20(27)25-12-10-24(11-13-25)14-16-6-8-17(23)9-7-16/h2-9,15H,10-14H2,1H3/p+1/t15-/m1/s1. The van der Waals surface area contributed by atoms with Crippen LogP contribution in [-0.2, 0) is 11.3 Å². The molecule has 7 heteroatoms. The van der Waals surface area contributed by atoms with Gasteiger partial charge in [-0.2, -0.15) is 0 Å². The first-order valence-corrected chi connectivity index (χ1v) is 10.2. The molecule has 0 radical (unpaired) electrons. The number of rotatable bonds is 4. The van der Waals surface area contributed by atoms with E-state index in [1.54, 1.807) is 36.1 Å². The van der Waals surface area contributed by atoms with Crippen molar-refractivity contribution in [2.75, 3.05) is 26.2 Å². The number of imide groups is 1. The Bertz CT molecular complexity index is 917. The fourth-order valence-corrected chi connectivity index (χ4v) is 4.17. The molecule has 0 saturated carbocycles. The van der Waals surface area contributed by atoms with Crippen molar-refractivity contribution in [2.24, 2.45) is 0 Å². The predicted molar refractivity (Wildman–Crippen MR) is 109 cm³/mol. The second kappa shape index (κ2) is 7.97. The average Bonchev–Trinajstić information content (AvgIpc) is 3.00. The zero-order chi connectivity index (χ0) is 20.5. The summed E-state index contributed by atoms with van der Waals surface area (Å²) in [6.07, 6.45) is 0. The molecule has 0 bridgehead atoms. The van der Waals surface area contributed by atoms with Crippen LogP contribution in [-0.4, -0.2) is 59.7 Å². The molecule has 1 saturated heterocycles. The Morgan fingerprint density at radius 3 is 2.10 bits per heavy atom. The van der Waals surface area contributed by atoms with Gasteiger partial charge in [-0.25, -0.2) is 0 Å². The molecule has 2 heterocycles. The van der Waals surface area contributed by atoms with Gasteiger partial charge >= 0.3 is 0 Å². The van der Waals surface area contributed by atoms with Crippen LogP contribution in [0.4, 0.5) is 0 Å². The van der Waals surface area contributed by atoms with Gasteiger partial charge in [-0.3, -0.25) is 19.3 Å². The number of hydrogen-bond acceptors (Lipinski definition) is 3. The maximum Gasteiger partial charge on any atom is 0.262 e. The maximum absolute atomic E-state index is 13.0. The highest BCUT2D eigenvalue weighted by Crippen LogP contribution is 2.25. The Hall–Kier alpha value is -2.70. The van der Waals surface area contributed by atoms with E-state index >= 15 is 0 Å². The first-order chi connectivity index (χ1) is 14.0. The molecular weight excluding hydrogens is 390 g/mol. The van der Waals surface area contributed by atoms with Crippen molar-refractivity contribution in [2.45, 2.75) is 19.5 Å². The van der Waals surface area contributed by atoms with Gasteiger partial charge in [0.25, 0.3) is 11.8 Å². The summed E-state index contributed by atoms with van der Waals surface area (Å²) in [7, 11) is 0. The van der Waals surface area contributed by atoms with Crippen LogP contribution >= 0.6 is 11.6 Å². The summed E-state index contributed by atoms with van der Waals surface area (Å²) in [6.45, 7) is 5.38. The van der Waals surface area contributed by atoms with Crippen LogP contribution in [0, 0.1) is 0 Å². The fraction of sp³-hybridized carbons (Fsp3) is 0.318. The number of fused-ring (bicyclic) bond motifs is 1. The highest BCUT2D eigenvalue weighted by molar-refractivity contribution is 6.30. The summed E-state index contributed by atoms with van der Waals surface area (Å²) in [5.74, 6) is -0.957. The lowest BCUT2D eigenvalue weighted by Crippen LogP contribution is -3.13. The molecule has 4 rings (SSSR count). The molecule has 2 aliphatic heterocycles. The minimum absolute atomic E-state index is 0.176. The largest absolute Gasteiger partial charge is 0.330 e. The monoisotopic (exact) mass is 412 g/mol. The molecule has 150 valence electrons. The van der Waals surface area contributed by atoms with Crippen LogP contribution in [0.5, 0.6) is 0 Å². The second-order valence-electron chi connectivity index (χ2n) is 7.58. The lowest BCUT2D eigenvalue weighted by molar-refractivity contribution is -0.917. The number of piperazine rings is 1. The summed E-state index contributed by atoms with van der Waals surface area (Å²) in [5.41, 5.74) is 1.95. The molecule has 2 aromatic carbocycles. The van der Waals surface area contributed by atoms with E-state index in [0.717, 1.165) is 29.6 Å². The third-order valence-electron chi connectivity index (χ3n) is 5.72. The number of benzene rings is 2. The Kier molecular flexibility index (Phi) is 5.39. The van der Waals surface area contributed by atoms with Crippen LogP contribution < -0.4 is 4.90 Å². The van der Waals surface area contributed by atoms with Gasteiger partial charge in [-0.05, 0) is 31.2 Å². The lowest BCUT2D eigenvalue weighted by atomic mass is 10.1. The minimum atomic E-state index is -0.805. The molecule has 1 N–H and O–H groups in total. The van der Waals surface area contributed by atoms with Crippen molar-refractivity contribution in [3.05, 3.63) is 70.2 Å². The van der Waals surface area contributed by atoms with Crippen LogP contribution in [0.15, 0.2) is 48.5 Å². The average molecular weight is 413 g/mol. The van der Waals surface area contributed by atoms with Crippen LogP contribution in [0.1, 0.15) is 33.2 Å². The third-order valence-corrected chi connectivity index (χ3v) is 5.97. The molecule has 0 aromatic heterocycles. The molecule has 2 aromatic rings. The predicted octanol–water partition coefficient (Wildman–Crippen LogP) is 1.25. The van der Waals surface area contributed by atoms with Crippen molar-refractivity contribution in [3.63, 3.8) is 0 Å². The van der Waals surface area contributed by atoms with Crippen molar-refractivity contribution >= 4 is 29.3 Å². The number of carbonyl (C=O) groups is 3. The van der Waals surface area contributed by atoms with Crippen molar-refractivity contribution < 1.29 is 19.3 Å². The SMILES string of the molecule is C[C@H](C(=O)N1CC[NH+](Cc2ccc(Cl)cc2)CC1)N1C(=O)c2ccccc2C1=O. The van der Waals surface area contributed by atoms with E-state index in [4.69, 9.17) is 11.6 Å². The zero-order valence-corrected chi connectivity index (χ0v) is 17.0. The van der Waals surface area contributed by atoms with Crippen LogP contribution in [0.3, 0.4) is 0 Å². The Morgan fingerprint density at radius 1 is 1.00 bits per heavy atom. The maximum atomic E-state index is 13.0. The lowest BCUT2D eigenvalue weighted by Gasteiger charge is -2.35. The third kappa shape index (κ3) is 3.78. The van der Waals surface area contributed by atoms with Crippen LogP contribution in [0.25, 0.3) is 0 Å². The molecule has 6 nitrogen and oxygen atoms in total. The van der Waals surface area contributed by atoms with Gasteiger partial charge < -0.3 is 9.80 Å². The Labute approximate surface area is 174 Å². The quantitative estimate of drug-likeness (QED) is 0.769. The van der Waals surface area contributed by atoms with Gasteiger partial charge in [0.2, 0.25) is 5.91 Å². The summed E-state index contributed by atoms with van der Waals surface area (Å²) in [4.78, 5) is 42.5. The number of carbonyl (C=O) groups excluding carboxylic acids is 3. The smallest absolute Gasteiger partial charge is 0.262 e. The highest BCUT2D eigenvalue weighted by atomic mass is 35.5. The zero-order valence-electron chi connectivity index (χ0n) is 16.2. The van der Waals surface area contributed by atoms with E-state index < -0.39 is 17.9 Å². The molecule has 0 aliphatic carbocycles. The van der Waals surface area contributed by atoms with Gasteiger partial charge in [-0.1, -0.05) is 35.9 Å². The second-order valence-corrected chi connectivity index (χ2v) is 8.02. The molecule has 1 atom stereocenters. The first kappa shape index (κ1) is 19.6. The summed E-state index contributed by atoms with van der Waals surface area (Å²) in [5, 5.41) is 0.723. The number of quaternary nitrogens is 1. The van der Waals surface area contributed by atoms with Gasteiger partial charge in [0.15, 0.2) is 0 Å². The van der Waals surface area contributed by atoms with E-state index in [1.807, 2.05) is 24.3 Å². The van der Waals surface area contributed by atoms with E-state index in [9.17, 15) is 14.4 Å². The molecule has 0 unspecified atom stereocenters. The normalized spacial score (nSPS) is 18.1. The molecule has 1 fully saturated rings. The fourth-order valence-electron chi connectivity index (χ4n) is 4.05. The Morgan fingerprint density at radius 2 is 1.55 bits per heavy atom. The number of amides is 3. The topological polar surface area (TPSA) is 62.1 Å². The number of hydrogen-bond donors (Lipinski definition) is 1. The summed E-state index contributed by atoms with van der Waals surface area (Å²) in [6, 6.07) is 13.7. The van der Waals surface area contributed by atoms with E-state index in [1.165, 1.54) is 10.5 Å². The van der Waals surface area contributed by atoms with E-state index in [-0.39, 0.29) is 5.91 Å². The summed E-state index contributed by atoms with van der Waals surface area (Å²) < 4.78 is 0. The number of nitrogens with zero attached hydrogens (tertiary/aromatic N) is 2. The van der Waals surface area contributed by atoms with Crippen molar-refractivity contribution in [1.29, 1.82) is 0 Å². The molecule has 0 spiro atoms. The molecular formula is C22H23ClN3O3+. The minimum Gasteiger partial charge on any atom is -0.330 e. The molecule has 2 aliphatic rings. The van der Waals surface area contributed by atoms with E-state index in [2.05, 4.69) is 0 Å². The van der Waals surface area contributed by atoms with Gasteiger partial charge in [0.05, 0.1) is 37.3 Å². The summed E-state index contributed by atoms with van der Waals surface area (Å²) >= 11 is 5.94. The molecule has 3 amide bonds. The first-order valence-electron chi connectivity index (χ1n) is 9.79. The van der Waals surface area contributed by atoms with Crippen molar-refractivity contribution in [1.82, 2.24) is 9.80 Å². The molecule has 29 heavy (non-hydrogen) atoms. The number of halogens is 1. The van der Waals surface area contributed by atoms with E-state index in [0.29, 0.717) is 24.2 Å². The van der Waals surface area contributed by atoms with Gasteiger partial charge in [0, 0.05) is 10.6 Å². The van der Waals surface area contributed by atoms with Gasteiger partial charge in [0.1, 0.15) is 12.6 Å². The van der Waals surface area contributed by atoms with Crippen molar-refractivity contribution in [3.8, 4) is 0 Å². The Balaban J connectivity index is 1.37. The number of nitrogens with one attached hydrogen (secondary N) is 1. The van der Waals surface area contributed by atoms with Crippen LogP contribution in [0.2, 0.25) is 5.02 Å². The van der Waals surface area contributed by atoms with Gasteiger partial charge in [-0.15, -0.1) is 0 Å². The highest BCUT2D eigenvalue weighted by Gasteiger charge is 2.42.